The third-order valence-corrected chi connectivity index (χ3v) is 6.36. The first kappa shape index (κ1) is 24.5. The smallest absolute Gasteiger partial charge is 0.251 e. The van der Waals surface area contributed by atoms with Gasteiger partial charge in [0, 0.05) is 12.1 Å². The van der Waals surface area contributed by atoms with Crippen LogP contribution in [0.25, 0.3) is 11.0 Å². The van der Waals surface area contributed by atoms with E-state index in [0.29, 0.717) is 24.6 Å². The van der Waals surface area contributed by atoms with Gasteiger partial charge in [0.1, 0.15) is 11.6 Å². The van der Waals surface area contributed by atoms with Crippen LogP contribution in [0.4, 0.5) is 0 Å². The number of rotatable bonds is 10. The minimum absolute atomic E-state index is 0.0713. The summed E-state index contributed by atoms with van der Waals surface area (Å²) in [5, 5.41) is 3.07. The number of carbonyl (C=O) groups is 1. The third-order valence-electron chi connectivity index (χ3n) is 6.36. The molecule has 5 nitrogen and oxygen atoms in total. The fourth-order valence-corrected chi connectivity index (χ4v) is 4.34. The van der Waals surface area contributed by atoms with E-state index < -0.39 is 0 Å². The number of para-hydroxylation sites is 2. The van der Waals surface area contributed by atoms with Crippen LogP contribution in [0.2, 0.25) is 0 Å². The molecule has 4 aromatic rings. The minimum atomic E-state index is -0.0713. The number of ether oxygens (including phenoxy) is 1. The molecular formula is C30H35N3O2. The van der Waals surface area contributed by atoms with Crippen molar-refractivity contribution in [3.8, 4) is 5.75 Å². The molecule has 0 spiro atoms. The van der Waals surface area contributed by atoms with Crippen LogP contribution in [-0.4, -0.2) is 22.1 Å². The van der Waals surface area contributed by atoms with Crippen molar-refractivity contribution in [1.29, 1.82) is 0 Å². The van der Waals surface area contributed by atoms with E-state index in [0.717, 1.165) is 53.1 Å². The SMILES string of the molecule is Cc1ccc(C(=O)NCc2nc3ccccc3n2CCCCOc2ccc(C(C)C)cc2)c(C)c1. The first-order valence-electron chi connectivity index (χ1n) is 12.4. The van der Waals surface area contributed by atoms with Gasteiger partial charge in [-0.05, 0) is 74.1 Å². The Balaban J connectivity index is 1.36. The number of imidazole rings is 1. The highest BCUT2D eigenvalue weighted by Gasteiger charge is 2.13. The Morgan fingerprint density at radius 3 is 2.51 bits per heavy atom. The molecule has 0 atom stereocenters. The van der Waals surface area contributed by atoms with Crippen LogP contribution in [0.5, 0.6) is 5.75 Å². The van der Waals surface area contributed by atoms with E-state index in [2.05, 4.69) is 54.1 Å². The number of nitrogens with zero attached hydrogens (tertiary/aromatic N) is 2. The Bertz CT molecular complexity index is 1290. The second-order valence-corrected chi connectivity index (χ2v) is 9.45. The average molecular weight is 470 g/mol. The van der Waals surface area contributed by atoms with E-state index >= 15 is 0 Å². The summed E-state index contributed by atoms with van der Waals surface area (Å²) < 4.78 is 8.16. The van der Waals surface area contributed by atoms with Crippen molar-refractivity contribution in [3.05, 3.63) is 94.8 Å². The first-order chi connectivity index (χ1) is 16.9. The van der Waals surface area contributed by atoms with Gasteiger partial charge in [-0.1, -0.05) is 55.8 Å². The maximum atomic E-state index is 12.8. The largest absolute Gasteiger partial charge is 0.494 e. The van der Waals surface area contributed by atoms with Crippen LogP contribution in [0, 0.1) is 13.8 Å². The van der Waals surface area contributed by atoms with Gasteiger partial charge in [-0.2, -0.15) is 0 Å². The predicted molar refractivity (Wildman–Crippen MR) is 142 cm³/mol. The molecule has 1 amide bonds. The Morgan fingerprint density at radius 2 is 1.77 bits per heavy atom. The number of aryl methyl sites for hydroxylation is 3. The molecule has 0 fully saturated rings. The number of nitrogens with one attached hydrogen (secondary N) is 1. The number of unbranched alkanes of at least 4 members (excludes halogenated alkanes) is 1. The van der Waals surface area contributed by atoms with Gasteiger partial charge in [-0.3, -0.25) is 4.79 Å². The fourth-order valence-electron chi connectivity index (χ4n) is 4.34. The van der Waals surface area contributed by atoms with Crippen molar-refractivity contribution in [2.45, 2.75) is 59.5 Å². The van der Waals surface area contributed by atoms with Gasteiger partial charge in [-0.25, -0.2) is 4.98 Å². The summed E-state index contributed by atoms with van der Waals surface area (Å²) in [5.41, 5.74) is 6.20. The molecule has 35 heavy (non-hydrogen) atoms. The first-order valence-corrected chi connectivity index (χ1v) is 12.4. The summed E-state index contributed by atoms with van der Waals surface area (Å²) in [6.45, 7) is 10.3. The molecule has 0 saturated carbocycles. The molecule has 0 bridgehead atoms. The van der Waals surface area contributed by atoms with E-state index in [1.807, 2.05) is 50.2 Å². The zero-order valence-electron chi connectivity index (χ0n) is 21.2. The van der Waals surface area contributed by atoms with E-state index in [1.54, 1.807) is 0 Å². The van der Waals surface area contributed by atoms with E-state index in [-0.39, 0.29) is 5.91 Å². The Kier molecular flexibility index (Phi) is 7.86. The second-order valence-electron chi connectivity index (χ2n) is 9.45. The Morgan fingerprint density at radius 1 is 1.00 bits per heavy atom. The summed E-state index contributed by atoms with van der Waals surface area (Å²) in [7, 11) is 0. The minimum Gasteiger partial charge on any atom is -0.494 e. The summed E-state index contributed by atoms with van der Waals surface area (Å²) >= 11 is 0. The van der Waals surface area contributed by atoms with Crippen molar-refractivity contribution >= 4 is 16.9 Å². The number of aromatic nitrogens is 2. The van der Waals surface area contributed by atoms with Crippen LogP contribution in [-0.2, 0) is 13.1 Å². The second kappa shape index (κ2) is 11.2. The lowest BCUT2D eigenvalue weighted by atomic mass is 10.0. The van der Waals surface area contributed by atoms with Crippen LogP contribution in [0.3, 0.4) is 0 Å². The van der Waals surface area contributed by atoms with Crippen LogP contribution >= 0.6 is 0 Å². The van der Waals surface area contributed by atoms with Crippen LogP contribution in [0.1, 0.15) is 65.5 Å². The molecule has 5 heteroatoms. The van der Waals surface area contributed by atoms with Gasteiger partial charge in [0.15, 0.2) is 0 Å². The van der Waals surface area contributed by atoms with Gasteiger partial charge < -0.3 is 14.6 Å². The summed E-state index contributed by atoms with van der Waals surface area (Å²) in [6, 6.07) is 22.4. The molecule has 182 valence electrons. The van der Waals surface area contributed by atoms with Crippen LogP contribution < -0.4 is 10.1 Å². The fraction of sp³-hybridized carbons (Fsp3) is 0.333. The van der Waals surface area contributed by atoms with Crippen molar-refractivity contribution in [2.75, 3.05) is 6.61 Å². The van der Waals surface area contributed by atoms with Gasteiger partial charge in [0.05, 0.1) is 24.2 Å². The maximum Gasteiger partial charge on any atom is 0.251 e. The van der Waals surface area contributed by atoms with Gasteiger partial charge in [-0.15, -0.1) is 0 Å². The van der Waals surface area contributed by atoms with Crippen molar-refractivity contribution in [3.63, 3.8) is 0 Å². The quantitative estimate of drug-likeness (QED) is 0.267. The number of hydrogen-bond donors (Lipinski definition) is 1. The standard InChI is InChI=1S/C30H35N3O2/c1-21(2)24-12-14-25(15-13-24)35-18-8-7-17-33-28-10-6-5-9-27(28)32-29(33)20-31-30(34)26-16-11-22(3)19-23(26)4/h5-6,9-16,19,21H,7-8,17-18,20H2,1-4H3,(H,31,34). The van der Waals surface area contributed by atoms with Crippen molar-refractivity contribution in [2.24, 2.45) is 0 Å². The molecule has 1 heterocycles. The van der Waals surface area contributed by atoms with Gasteiger partial charge in [0.2, 0.25) is 0 Å². The molecular weight excluding hydrogens is 434 g/mol. The normalized spacial score (nSPS) is 11.2. The highest BCUT2D eigenvalue weighted by molar-refractivity contribution is 5.95. The summed E-state index contributed by atoms with van der Waals surface area (Å²) in [6.07, 6.45) is 1.90. The highest BCUT2D eigenvalue weighted by atomic mass is 16.5. The Hall–Kier alpha value is -3.60. The molecule has 0 saturated heterocycles. The predicted octanol–water partition coefficient (Wildman–Crippen LogP) is 6.57. The monoisotopic (exact) mass is 469 g/mol. The van der Waals surface area contributed by atoms with E-state index in [4.69, 9.17) is 9.72 Å². The molecule has 3 aromatic carbocycles. The molecule has 0 aliphatic rings. The lowest BCUT2D eigenvalue weighted by molar-refractivity contribution is 0.0949. The topological polar surface area (TPSA) is 56.2 Å². The summed E-state index contributed by atoms with van der Waals surface area (Å²) in [5.74, 6) is 2.23. The number of hydrogen-bond acceptors (Lipinski definition) is 3. The summed E-state index contributed by atoms with van der Waals surface area (Å²) in [4.78, 5) is 17.6. The number of benzene rings is 3. The van der Waals surface area contributed by atoms with Crippen molar-refractivity contribution in [1.82, 2.24) is 14.9 Å². The number of carbonyl (C=O) groups excluding carboxylic acids is 1. The zero-order valence-corrected chi connectivity index (χ0v) is 21.2. The molecule has 4 rings (SSSR count). The molecule has 1 aromatic heterocycles. The van der Waals surface area contributed by atoms with Crippen molar-refractivity contribution < 1.29 is 9.53 Å². The van der Waals surface area contributed by atoms with Gasteiger partial charge in [0.25, 0.3) is 5.91 Å². The lowest BCUT2D eigenvalue weighted by Gasteiger charge is -2.12. The third kappa shape index (κ3) is 6.10. The lowest BCUT2D eigenvalue weighted by Crippen LogP contribution is -2.25. The zero-order chi connectivity index (χ0) is 24.8. The molecule has 0 aliphatic carbocycles. The average Bonchev–Trinajstić information content (AvgIpc) is 3.20. The molecule has 0 unspecified atom stereocenters. The Labute approximate surface area is 208 Å². The van der Waals surface area contributed by atoms with Gasteiger partial charge >= 0.3 is 0 Å². The van der Waals surface area contributed by atoms with Crippen LogP contribution in [0.15, 0.2) is 66.7 Å². The van der Waals surface area contributed by atoms with E-state index in [9.17, 15) is 4.79 Å². The number of fused-ring (bicyclic) bond motifs is 1. The highest BCUT2D eigenvalue weighted by Crippen LogP contribution is 2.20. The number of amides is 1. The molecule has 1 N–H and O–H groups in total. The molecule has 0 radical (unpaired) electrons. The van der Waals surface area contributed by atoms with E-state index in [1.165, 1.54) is 5.56 Å². The molecule has 0 aliphatic heterocycles. The maximum absolute atomic E-state index is 12.8.